The van der Waals surface area contributed by atoms with Crippen LogP contribution < -0.4 is 5.32 Å². The summed E-state index contributed by atoms with van der Waals surface area (Å²) in [5.74, 6) is 1.81. The van der Waals surface area contributed by atoms with Crippen molar-refractivity contribution >= 4 is 11.6 Å². The average molecular weight is 338 g/mol. The molecule has 6 heteroatoms. The molecule has 0 unspecified atom stereocenters. The van der Waals surface area contributed by atoms with E-state index in [1.165, 1.54) is 18.4 Å². The van der Waals surface area contributed by atoms with Gasteiger partial charge >= 0.3 is 0 Å². The Bertz CT molecular complexity index is 1040. The zero-order valence-corrected chi connectivity index (χ0v) is 13.8. The number of rotatable bonds is 4. The Morgan fingerprint density at radius 2 is 1.85 bits per heavy atom. The molecule has 0 radical (unpaired) electrons. The maximum atomic E-state index is 9.04. The zero-order chi connectivity index (χ0) is 17.9. The second kappa shape index (κ2) is 6.62. The molecule has 6 nitrogen and oxygen atoms in total. The fraction of sp³-hybridized carbons (Fsp3) is 0.150. The summed E-state index contributed by atoms with van der Waals surface area (Å²) >= 11 is 0. The largest absolute Gasteiger partial charge is 0.325 e. The molecule has 0 amide bonds. The fourth-order valence-corrected chi connectivity index (χ4v) is 2.73. The van der Waals surface area contributed by atoms with E-state index in [4.69, 9.17) is 10.5 Å². The minimum absolute atomic E-state index is 0.378. The minimum Gasteiger partial charge on any atom is -0.325 e. The first-order valence-electron chi connectivity index (χ1n) is 8.27. The van der Waals surface area contributed by atoms with Crippen LogP contribution in [0.5, 0.6) is 0 Å². The molecule has 0 aromatic carbocycles. The van der Waals surface area contributed by atoms with Crippen LogP contribution in [0.2, 0.25) is 0 Å². The van der Waals surface area contributed by atoms with Gasteiger partial charge in [-0.3, -0.25) is 0 Å². The van der Waals surface area contributed by atoms with Crippen molar-refractivity contribution in [2.45, 2.75) is 18.8 Å². The number of hydrogen-bond acceptors (Lipinski definition) is 6. The number of aromatic nitrogens is 3. The Morgan fingerprint density at radius 1 is 0.962 bits per heavy atom. The van der Waals surface area contributed by atoms with Crippen molar-refractivity contribution in [3.8, 4) is 23.4 Å². The monoisotopic (exact) mass is 338 g/mol. The fourth-order valence-electron chi connectivity index (χ4n) is 2.73. The van der Waals surface area contributed by atoms with Gasteiger partial charge in [0.15, 0.2) is 0 Å². The Kier molecular flexibility index (Phi) is 4.01. The Balaban J connectivity index is 1.71. The molecule has 0 bridgehead atoms. The molecule has 0 spiro atoms. The molecule has 0 atom stereocenters. The first-order valence-corrected chi connectivity index (χ1v) is 8.27. The molecule has 1 aliphatic carbocycles. The number of nitrogens with one attached hydrogen (secondary N) is 1. The van der Waals surface area contributed by atoms with Crippen molar-refractivity contribution in [1.29, 1.82) is 10.5 Å². The van der Waals surface area contributed by atoms with Crippen LogP contribution in [0.4, 0.5) is 11.6 Å². The van der Waals surface area contributed by atoms with Gasteiger partial charge in [0.25, 0.3) is 0 Å². The summed E-state index contributed by atoms with van der Waals surface area (Å²) in [6.45, 7) is 0. The standard InChI is InChI=1S/C20H14N6/c21-10-13-5-6-23-19(7-13)26-20-9-16(14-1-2-14)8-18(25-20)15-3-4-17(11-22)24-12-15/h3-9,12,14H,1-2H2,(H,23,25,26). The van der Waals surface area contributed by atoms with E-state index >= 15 is 0 Å². The summed E-state index contributed by atoms with van der Waals surface area (Å²) in [5, 5.41) is 21.1. The molecule has 3 aromatic rings. The van der Waals surface area contributed by atoms with Gasteiger partial charge in [0, 0.05) is 18.0 Å². The quantitative estimate of drug-likeness (QED) is 0.774. The topological polar surface area (TPSA) is 98.3 Å². The number of nitrogens with zero attached hydrogens (tertiary/aromatic N) is 5. The summed E-state index contributed by atoms with van der Waals surface area (Å²) in [6, 6.07) is 15.1. The highest BCUT2D eigenvalue weighted by atomic mass is 15.1. The van der Waals surface area contributed by atoms with Crippen LogP contribution in [0.25, 0.3) is 11.3 Å². The maximum Gasteiger partial charge on any atom is 0.140 e. The predicted octanol–water partition coefficient (Wildman–Crippen LogP) is 3.90. The molecule has 1 aliphatic rings. The summed E-state index contributed by atoms with van der Waals surface area (Å²) in [6.07, 6.45) is 5.61. The lowest BCUT2D eigenvalue weighted by atomic mass is 10.1. The van der Waals surface area contributed by atoms with E-state index in [2.05, 4.69) is 32.4 Å². The highest BCUT2D eigenvalue weighted by Gasteiger charge is 2.25. The van der Waals surface area contributed by atoms with E-state index in [0.717, 1.165) is 11.3 Å². The van der Waals surface area contributed by atoms with Crippen LogP contribution in [0, 0.1) is 22.7 Å². The normalized spacial score (nSPS) is 12.8. The van der Waals surface area contributed by atoms with Gasteiger partial charge in [0.05, 0.1) is 17.3 Å². The van der Waals surface area contributed by atoms with E-state index < -0.39 is 0 Å². The summed E-state index contributed by atoms with van der Waals surface area (Å²) in [7, 11) is 0. The zero-order valence-electron chi connectivity index (χ0n) is 13.8. The van der Waals surface area contributed by atoms with Crippen LogP contribution in [-0.2, 0) is 0 Å². The van der Waals surface area contributed by atoms with E-state index in [9.17, 15) is 0 Å². The third-order valence-electron chi connectivity index (χ3n) is 4.22. The molecular weight excluding hydrogens is 324 g/mol. The van der Waals surface area contributed by atoms with Crippen molar-refractivity contribution in [2.24, 2.45) is 0 Å². The van der Waals surface area contributed by atoms with Gasteiger partial charge in [0.1, 0.15) is 23.4 Å². The van der Waals surface area contributed by atoms with E-state index in [1.807, 2.05) is 18.2 Å². The summed E-state index contributed by atoms with van der Waals surface area (Å²) in [4.78, 5) is 13.0. The van der Waals surface area contributed by atoms with Gasteiger partial charge in [-0.15, -0.1) is 0 Å². The van der Waals surface area contributed by atoms with Crippen LogP contribution >= 0.6 is 0 Å². The third kappa shape index (κ3) is 3.35. The van der Waals surface area contributed by atoms with Crippen LogP contribution in [0.15, 0.2) is 48.8 Å². The van der Waals surface area contributed by atoms with Crippen molar-refractivity contribution < 1.29 is 0 Å². The molecule has 0 aliphatic heterocycles. The second-order valence-electron chi connectivity index (χ2n) is 6.16. The van der Waals surface area contributed by atoms with Crippen molar-refractivity contribution in [1.82, 2.24) is 15.0 Å². The minimum atomic E-state index is 0.378. The van der Waals surface area contributed by atoms with Gasteiger partial charge in [-0.05, 0) is 60.7 Å². The van der Waals surface area contributed by atoms with Crippen molar-refractivity contribution in [2.75, 3.05) is 5.32 Å². The smallest absolute Gasteiger partial charge is 0.140 e. The highest BCUT2D eigenvalue weighted by molar-refractivity contribution is 5.65. The van der Waals surface area contributed by atoms with Crippen LogP contribution in [0.3, 0.4) is 0 Å². The summed E-state index contributed by atoms with van der Waals surface area (Å²) in [5.41, 5.74) is 3.79. The molecular formula is C20H14N6. The number of hydrogen-bond donors (Lipinski definition) is 1. The molecule has 0 saturated heterocycles. The molecule has 1 saturated carbocycles. The van der Waals surface area contributed by atoms with Gasteiger partial charge in [0.2, 0.25) is 0 Å². The van der Waals surface area contributed by atoms with Gasteiger partial charge in [-0.1, -0.05) is 0 Å². The molecule has 4 rings (SSSR count). The lowest BCUT2D eigenvalue weighted by Gasteiger charge is -2.10. The Morgan fingerprint density at radius 3 is 2.54 bits per heavy atom. The number of pyridine rings is 3. The predicted molar refractivity (Wildman–Crippen MR) is 96.4 cm³/mol. The van der Waals surface area contributed by atoms with Gasteiger partial charge in [-0.2, -0.15) is 10.5 Å². The first kappa shape index (κ1) is 15.7. The van der Waals surface area contributed by atoms with Crippen molar-refractivity contribution in [3.63, 3.8) is 0 Å². The molecule has 124 valence electrons. The van der Waals surface area contributed by atoms with Gasteiger partial charge in [-0.25, -0.2) is 15.0 Å². The van der Waals surface area contributed by atoms with Crippen LogP contribution in [0.1, 0.15) is 35.6 Å². The van der Waals surface area contributed by atoms with Crippen LogP contribution in [-0.4, -0.2) is 15.0 Å². The molecule has 26 heavy (non-hydrogen) atoms. The molecule has 1 N–H and O–H groups in total. The van der Waals surface area contributed by atoms with E-state index in [-0.39, 0.29) is 0 Å². The Hall–Kier alpha value is -3.77. The highest BCUT2D eigenvalue weighted by Crippen LogP contribution is 2.41. The average Bonchev–Trinajstić information content (AvgIpc) is 3.53. The Labute approximate surface area is 150 Å². The SMILES string of the molecule is N#Cc1ccnc(Nc2cc(C3CC3)cc(-c3ccc(C#N)nc3)n2)c1. The molecule has 3 aromatic heterocycles. The second-order valence-corrected chi connectivity index (χ2v) is 6.16. The van der Waals surface area contributed by atoms with E-state index in [1.54, 1.807) is 30.6 Å². The number of anilines is 2. The third-order valence-corrected chi connectivity index (χ3v) is 4.22. The first-order chi connectivity index (χ1) is 12.7. The lowest BCUT2D eigenvalue weighted by molar-refractivity contribution is 1.11. The van der Waals surface area contributed by atoms with Crippen molar-refractivity contribution in [3.05, 3.63) is 65.6 Å². The summed E-state index contributed by atoms with van der Waals surface area (Å²) < 4.78 is 0. The van der Waals surface area contributed by atoms with E-state index in [0.29, 0.717) is 28.8 Å². The molecule has 1 fully saturated rings. The number of nitriles is 2. The lowest BCUT2D eigenvalue weighted by Crippen LogP contribution is -1.99. The van der Waals surface area contributed by atoms with Gasteiger partial charge < -0.3 is 5.32 Å². The maximum absolute atomic E-state index is 9.04. The molecule has 3 heterocycles.